The zero-order valence-electron chi connectivity index (χ0n) is 13.8. The molecule has 0 heterocycles. The molecule has 1 heteroatoms. The van der Waals surface area contributed by atoms with E-state index in [1.54, 1.807) is 0 Å². The average molecular weight is 261 g/mol. The van der Waals surface area contributed by atoms with Crippen molar-refractivity contribution in [3.63, 3.8) is 0 Å². The maximum Gasteiger partial charge on any atom is 0.0369 e. The van der Waals surface area contributed by atoms with Gasteiger partial charge in [0.2, 0.25) is 0 Å². The van der Waals surface area contributed by atoms with Crippen LogP contribution in [0.3, 0.4) is 0 Å². The molecule has 1 atom stereocenters. The van der Waals surface area contributed by atoms with E-state index in [9.17, 15) is 0 Å². The van der Waals surface area contributed by atoms with Crippen LogP contribution in [0.5, 0.6) is 0 Å². The van der Waals surface area contributed by atoms with Crippen molar-refractivity contribution in [2.75, 3.05) is 6.54 Å². The van der Waals surface area contributed by atoms with Gasteiger partial charge in [-0.2, -0.15) is 0 Å². The van der Waals surface area contributed by atoms with E-state index in [0.717, 1.165) is 6.54 Å². The molecule has 108 valence electrons. The average Bonchev–Trinajstić information content (AvgIpc) is 2.27. The van der Waals surface area contributed by atoms with Gasteiger partial charge in [0.25, 0.3) is 0 Å². The maximum absolute atomic E-state index is 3.68. The highest BCUT2D eigenvalue weighted by atomic mass is 14.9. The quantitative estimate of drug-likeness (QED) is 0.798. The van der Waals surface area contributed by atoms with E-state index in [2.05, 4.69) is 78.0 Å². The van der Waals surface area contributed by atoms with Crippen molar-refractivity contribution in [3.05, 3.63) is 35.4 Å². The summed E-state index contributed by atoms with van der Waals surface area (Å²) < 4.78 is 0. The Kier molecular flexibility index (Phi) is 5.20. The van der Waals surface area contributed by atoms with Gasteiger partial charge in [0.15, 0.2) is 0 Å². The molecule has 1 aromatic carbocycles. The molecule has 1 unspecified atom stereocenters. The third-order valence-electron chi connectivity index (χ3n) is 3.57. The van der Waals surface area contributed by atoms with E-state index in [4.69, 9.17) is 0 Å². The Hall–Kier alpha value is -0.820. The molecule has 19 heavy (non-hydrogen) atoms. The molecule has 0 amide bonds. The monoisotopic (exact) mass is 261 g/mol. The molecule has 0 saturated carbocycles. The van der Waals surface area contributed by atoms with Gasteiger partial charge in [-0.3, -0.25) is 0 Å². The summed E-state index contributed by atoms with van der Waals surface area (Å²) in [5.74, 6) is 0. The molecule has 1 aromatic rings. The molecule has 0 radical (unpaired) electrons. The summed E-state index contributed by atoms with van der Waals surface area (Å²) in [6, 6.07) is 9.56. The lowest BCUT2D eigenvalue weighted by atomic mass is 9.80. The third-order valence-corrected chi connectivity index (χ3v) is 3.57. The largest absolute Gasteiger partial charge is 0.309 e. The Morgan fingerprint density at radius 2 is 1.47 bits per heavy atom. The van der Waals surface area contributed by atoms with E-state index in [1.165, 1.54) is 17.5 Å². The number of nitrogens with one attached hydrogen (secondary N) is 1. The Balaban J connectivity index is 2.98. The minimum atomic E-state index is 0.229. The predicted octanol–water partition coefficient (Wildman–Crippen LogP) is 5.07. The highest BCUT2D eigenvalue weighted by Crippen LogP contribution is 2.33. The second-order valence-electron chi connectivity index (χ2n) is 7.63. The highest BCUT2D eigenvalue weighted by Gasteiger charge is 2.25. The summed E-state index contributed by atoms with van der Waals surface area (Å²) in [5, 5.41) is 3.68. The van der Waals surface area contributed by atoms with E-state index in [0.29, 0.717) is 6.04 Å². The minimum Gasteiger partial charge on any atom is -0.309 e. The van der Waals surface area contributed by atoms with Crippen LogP contribution in [0.15, 0.2) is 24.3 Å². The van der Waals surface area contributed by atoms with E-state index in [-0.39, 0.29) is 10.8 Å². The Morgan fingerprint density at radius 3 is 1.84 bits per heavy atom. The second-order valence-corrected chi connectivity index (χ2v) is 7.63. The maximum atomic E-state index is 3.68. The number of rotatable bonds is 4. The Morgan fingerprint density at radius 1 is 0.947 bits per heavy atom. The summed E-state index contributed by atoms with van der Waals surface area (Å²) >= 11 is 0. The van der Waals surface area contributed by atoms with Gasteiger partial charge in [0.1, 0.15) is 0 Å². The SMILES string of the molecule is CCCNC(c1ccc(C(C)(C)C)cc1)C(C)(C)C. The minimum absolute atomic E-state index is 0.229. The molecule has 1 N–H and O–H groups in total. The first-order chi connectivity index (χ1) is 8.66. The van der Waals surface area contributed by atoms with E-state index < -0.39 is 0 Å². The second kappa shape index (κ2) is 6.09. The Labute approximate surface area is 119 Å². The normalized spacial score (nSPS) is 14.5. The van der Waals surface area contributed by atoms with Crippen LogP contribution in [0, 0.1) is 5.41 Å². The van der Waals surface area contributed by atoms with Crippen molar-refractivity contribution in [3.8, 4) is 0 Å². The summed E-state index contributed by atoms with van der Waals surface area (Å²) in [7, 11) is 0. The summed E-state index contributed by atoms with van der Waals surface area (Å²) in [5.41, 5.74) is 3.26. The van der Waals surface area contributed by atoms with Gasteiger partial charge in [-0.25, -0.2) is 0 Å². The van der Waals surface area contributed by atoms with Crippen LogP contribution in [-0.4, -0.2) is 6.54 Å². The lowest BCUT2D eigenvalue weighted by molar-refractivity contribution is 0.273. The zero-order valence-corrected chi connectivity index (χ0v) is 13.8. The molecule has 0 aromatic heterocycles. The van der Waals surface area contributed by atoms with Crippen LogP contribution < -0.4 is 5.32 Å². The van der Waals surface area contributed by atoms with Crippen LogP contribution in [0.25, 0.3) is 0 Å². The van der Waals surface area contributed by atoms with Crippen LogP contribution >= 0.6 is 0 Å². The Bertz CT molecular complexity index is 376. The number of hydrogen-bond donors (Lipinski definition) is 1. The molecular weight excluding hydrogens is 230 g/mol. The van der Waals surface area contributed by atoms with Gasteiger partial charge in [-0.15, -0.1) is 0 Å². The van der Waals surface area contributed by atoms with Crippen molar-refractivity contribution in [1.82, 2.24) is 5.32 Å². The molecule has 0 aliphatic heterocycles. The smallest absolute Gasteiger partial charge is 0.0369 e. The molecule has 1 rings (SSSR count). The molecule has 0 fully saturated rings. The first-order valence-electron chi connectivity index (χ1n) is 7.50. The van der Waals surface area contributed by atoms with E-state index >= 15 is 0 Å². The van der Waals surface area contributed by atoms with Crippen LogP contribution in [0.1, 0.15) is 72.1 Å². The van der Waals surface area contributed by atoms with Crippen LogP contribution in [0.2, 0.25) is 0 Å². The highest BCUT2D eigenvalue weighted by molar-refractivity contribution is 5.30. The lowest BCUT2D eigenvalue weighted by Crippen LogP contribution is -2.32. The van der Waals surface area contributed by atoms with Crippen molar-refractivity contribution in [2.45, 2.75) is 66.3 Å². The van der Waals surface area contributed by atoms with Crippen molar-refractivity contribution in [1.29, 1.82) is 0 Å². The zero-order chi connectivity index (χ0) is 14.7. The van der Waals surface area contributed by atoms with Crippen LogP contribution in [0.4, 0.5) is 0 Å². The van der Waals surface area contributed by atoms with Gasteiger partial charge in [-0.1, -0.05) is 72.7 Å². The van der Waals surface area contributed by atoms with Gasteiger partial charge in [-0.05, 0) is 34.9 Å². The third kappa shape index (κ3) is 4.65. The predicted molar refractivity (Wildman–Crippen MR) is 85.6 cm³/mol. The molecule has 0 aliphatic carbocycles. The summed E-state index contributed by atoms with van der Waals surface area (Å²) in [6.07, 6.45) is 1.17. The standard InChI is InChI=1S/C18H31N/c1-8-13-19-16(18(5,6)7)14-9-11-15(12-10-14)17(2,3)4/h9-12,16,19H,8,13H2,1-7H3. The van der Waals surface area contributed by atoms with Crippen molar-refractivity contribution in [2.24, 2.45) is 5.41 Å². The molecular formula is C18H31N. The van der Waals surface area contributed by atoms with Gasteiger partial charge >= 0.3 is 0 Å². The topological polar surface area (TPSA) is 12.0 Å². The molecule has 0 bridgehead atoms. The number of hydrogen-bond acceptors (Lipinski definition) is 1. The van der Waals surface area contributed by atoms with Crippen LogP contribution in [-0.2, 0) is 5.41 Å². The van der Waals surface area contributed by atoms with Gasteiger partial charge < -0.3 is 5.32 Å². The molecule has 0 aliphatic rings. The first-order valence-corrected chi connectivity index (χ1v) is 7.50. The van der Waals surface area contributed by atoms with E-state index in [1.807, 2.05) is 0 Å². The fourth-order valence-corrected chi connectivity index (χ4v) is 2.39. The molecule has 0 saturated heterocycles. The van der Waals surface area contributed by atoms with Gasteiger partial charge in [0.05, 0.1) is 0 Å². The van der Waals surface area contributed by atoms with Crippen molar-refractivity contribution >= 4 is 0 Å². The summed E-state index contributed by atoms with van der Waals surface area (Å²) in [4.78, 5) is 0. The fraction of sp³-hybridized carbons (Fsp3) is 0.667. The van der Waals surface area contributed by atoms with Crippen molar-refractivity contribution < 1.29 is 0 Å². The molecule has 1 nitrogen and oxygen atoms in total. The number of benzene rings is 1. The van der Waals surface area contributed by atoms with Gasteiger partial charge in [0, 0.05) is 6.04 Å². The lowest BCUT2D eigenvalue weighted by Gasteiger charge is -2.32. The summed E-state index contributed by atoms with van der Waals surface area (Å²) in [6.45, 7) is 17.0. The first kappa shape index (κ1) is 16.2. The molecule has 0 spiro atoms. The fourth-order valence-electron chi connectivity index (χ4n) is 2.39.